The molecule has 1 N–H and O–H groups in total. The summed E-state index contributed by atoms with van der Waals surface area (Å²) in [5, 5.41) is 0. The Kier molecular flexibility index (Phi) is 8.72. The minimum absolute atomic E-state index is 0.0785. The Labute approximate surface area is 202 Å². The molecule has 0 atom stereocenters. The van der Waals surface area contributed by atoms with E-state index in [0.717, 1.165) is 19.3 Å². The first-order chi connectivity index (χ1) is 16.2. The number of anilines is 1. The van der Waals surface area contributed by atoms with E-state index in [9.17, 15) is 18.0 Å². The standard InChI is InChI=1S/C26H34N2O5S/c1-4-6-7-20-9-12-23(13-10-20)27-34(31,32)24-18-22(11-8-19(24)3)25(29)28-16-14-21(15-17-28)26(30)33-5-2/h8-13,18,21,27H,4-7,14-17H2,1-3H3. The van der Waals surface area contributed by atoms with Gasteiger partial charge >= 0.3 is 5.97 Å². The SMILES string of the molecule is CCCCc1ccc(NS(=O)(=O)c2cc(C(=O)N3CCC(C(=O)OCC)CC3)ccc2C)cc1. The van der Waals surface area contributed by atoms with Crippen molar-refractivity contribution in [2.24, 2.45) is 5.92 Å². The lowest BCUT2D eigenvalue weighted by molar-refractivity contribution is -0.149. The van der Waals surface area contributed by atoms with Crippen LogP contribution in [0.3, 0.4) is 0 Å². The summed E-state index contributed by atoms with van der Waals surface area (Å²) in [7, 11) is -3.87. The average Bonchev–Trinajstić information content (AvgIpc) is 2.83. The topological polar surface area (TPSA) is 92.8 Å². The van der Waals surface area contributed by atoms with Crippen LogP contribution in [0.5, 0.6) is 0 Å². The second-order valence-corrected chi connectivity index (χ2v) is 10.4. The lowest BCUT2D eigenvalue weighted by Gasteiger charge is -2.31. The van der Waals surface area contributed by atoms with Gasteiger partial charge in [0, 0.05) is 24.3 Å². The molecule has 34 heavy (non-hydrogen) atoms. The number of unbranched alkanes of at least 4 members (excludes halogenated alkanes) is 1. The molecule has 1 amide bonds. The molecule has 1 saturated heterocycles. The number of sulfonamides is 1. The van der Waals surface area contributed by atoms with E-state index < -0.39 is 10.0 Å². The van der Waals surface area contributed by atoms with Crippen LogP contribution in [0.15, 0.2) is 47.4 Å². The number of ether oxygens (including phenoxy) is 1. The number of nitrogens with zero attached hydrogens (tertiary/aromatic N) is 1. The van der Waals surface area contributed by atoms with E-state index in [-0.39, 0.29) is 22.7 Å². The zero-order valence-corrected chi connectivity index (χ0v) is 21.0. The van der Waals surface area contributed by atoms with Crippen LogP contribution >= 0.6 is 0 Å². The number of nitrogens with one attached hydrogen (secondary N) is 1. The van der Waals surface area contributed by atoms with Gasteiger partial charge in [0.1, 0.15) is 0 Å². The highest BCUT2D eigenvalue weighted by molar-refractivity contribution is 7.92. The van der Waals surface area contributed by atoms with Crippen molar-refractivity contribution >= 4 is 27.6 Å². The van der Waals surface area contributed by atoms with E-state index in [2.05, 4.69) is 11.6 Å². The van der Waals surface area contributed by atoms with E-state index in [1.807, 2.05) is 12.1 Å². The summed E-state index contributed by atoms with van der Waals surface area (Å²) >= 11 is 0. The summed E-state index contributed by atoms with van der Waals surface area (Å²) in [6.45, 7) is 6.82. The first-order valence-electron chi connectivity index (χ1n) is 11.9. The molecule has 0 aliphatic carbocycles. The number of esters is 1. The third kappa shape index (κ3) is 6.38. The molecule has 0 aromatic heterocycles. The number of rotatable bonds is 9. The Balaban J connectivity index is 1.71. The molecule has 0 bridgehead atoms. The van der Waals surface area contributed by atoms with Crippen LogP contribution in [0.4, 0.5) is 5.69 Å². The number of amides is 1. The van der Waals surface area contributed by atoms with Gasteiger partial charge in [-0.2, -0.15) is 0 Å². The van der Waals surface area contributed by atoms with Crippen molar-refractivity contribution in [1.82, 2.24) is 4.90 Å². The Morgan fingerprint density at radius 2 is 1.74 bits per heavy atom. The van der Waals surface area contributed by atoms with Crippen molar-refractivity contribution in [2.45, 2.75) is 57.8 Å². The van der Waals surface area contributed by atoms with Gasteiger partial charge < -0.3 is 9.64 Å². The molecule has 1 aliphatic heterocycles. The summed E-state index contributed by atoms with van der Waals surface area (Å²) in [4.78, 5) is 26.8. The number of hydrogen-bond donors (Lipinski definition) is 1. The number of benzene rings is 2. The minimum Gasteiger partial charge on any atom is -0.466 e. The molecular weight excluding hydrogens is 452 g/mol. The molecule has 2 aromatic carbocycles. The Bertz CT molecular complexity index is 1100. The fraction of sp³-hybridized carbons (Fsp3) is 0.462. The van der Waals surface area contributed by atoms with Gasteiger partial charge in [0.2, 0.25) is 0 Å². The summed E-state index contributed by atoms with van der Waals surface area (Å²) in [5.41, 5.74) is 2.53. The molecule has 3 rings (SSSR count). The van der Waals surface area contributed by atoms with Crippen molar-refractivity contribution in [2.75, 3.05) is 24.4 Å². The number of carbonyl (C=O) groups is 2. The van der Waals surface area contributed by atoms with Crippen molar-refractivity contribution < 1.29 is 22.7 Å². The first kappa shape index (κ1) is 25.7. The van der Waals surface area contributed by atoms with Crippen LogP contribution in [0, 0.1) is 12.8 Å². The van der Waals surface area contributed by atoms with Crippen molar-refractivity contribution in [3.05, 3.63) is 59.2 Å². The van der Waals surface area contributed by atoms with Crippen LogP contribution in [0.25, 0.3) is 0 Å². The fourth-order valence-corrected chi connectivity index (χ4v) is 5.44. The van der Waals surface area contributed by atoms with E-state index >= 15 is 0 Å². The number of carbonyl (C=O) groups excluding carboxylic acids is 2. The van der Waals surface area contributed by atoms with Crippen LogP contribution in [-0.2, 0) is 26.0 Å². The van der Waals surface area contributed by atoms with Gasteiger partial charge in [0.15, 0.2) is 0 Å². The quantitative estimate of drug-likeness (QED) is 0.525. The van der Waals surface area contributed by atoms with Crippen molar-refractivity contribution in [3.63, 3.8) is 0 Å². The van der Waals surface area contributed by atoms with Crippen LogP contribution in [0.2, 0.25) is 0 Å². The molecule has 0 radical (unpaired) electrons. The maximum Gasteiger partial charge on any atom is 0.309 e. The maximum atomic E-state index is 13.1. The molecule has 8 heteroatoms. The molecule has 1 aliphatic rings. The molecule has 1 fully saturated rings. The normalized spacial score (nSPS) is 14.6. The second kappa shape index (κ2) is 11.5. The lowest BCUT2D eigenvalue weighted by Crippen LogP contribution is -2.40. The molecule has 0 unspecified atom stereocenters. The van der Waals surface area contributed by atoms with E-state index in [1.165, 1.54) is 11.6 Å². The van der Waals surface area contributed by atoms with E-state index in [1.54, 1.807) is 43.0 Å². The van der Waals surface area contributed by atoms with Crippen molar-refractivity contribution in [3.8, 4) is 0 Å². The summed E-state index contributed by atoms with van der Waals surface area (Å²) in [5.74, 6) is -0.655. The highest BCUT2D eigenvalue weighted by atomic mass is 32.2. The van der Waals surface area contributed by atoms with Crippen LogP contribution in [-0.4, -0.2) is 44.9 Å². The summed E-state index contributed by atoms with van der Waals surface area (Å²) in [6, 6.07) is 12.1. The zero-order chi connectivity index (χ0) is 24.7. The Morgan fingerprint density at radius 1 is 1.06 bits per heavy atom. The third-order valence-electron chi connectivity index (χ3n) is 6.15. The second-order valence-electron chi connectivity index (χ2n) is 8.70. The van der Waals surface area contributed by atoms with Crippen LogP contribution in [0.1, 0.15) is 61.0 Å². The molecule has 0 saturated carbocycles. The number of piperidine rings is 1. The molecular formula is C26H34N2O5S. The zero-order valence-electron chi connectivity index (χ0n) is 20.2. The highest BCUT2D eigenvalue weighted by Crippen LogP contribution is 2.24. The minimum atomic E-state index is -3.87. The molecule has 0 spiro atoms. The summed E-state index contributed by atoms with van der Waals surface area (Å²) < 4.78 is 34.0. The average molecular weight is 487 g/mol. The van der Waals surface area contributed by atoms with Gasteiger partial charge in [-0.3, -0.25) is 14.3 Å². The highest BCUT2D eigenvalue weighted by Gasteiger charge is 2.29. The number of likely N-dealkylation sites (tertiary alicyclic amines) is 1. The largest absolute Gasteiger partial charge is 0.466 e. The van der Waals surface area contributed by atoms with Gasteiger partial charge in [-0.1, -0.05) is 31.5 Å². The van der Waals surface area contributed by atoms with E-state index in [0.29, 0.717) is 49.4 Å². The van der Waals surface area contributed by atoms with Gasteiger partial charge in [-0.05, 0) is 74.9 Å². The van der Waals surface area contributed by atoms with Gasteiger partial charge in [0.05, 0.1) is 17.4 Å². The lowest BCUT2D eigenvalue weighted by atomic mass is 9.96. The fourth-order valence-electron chi connectivity index (χ4n) is 4.11. The monoisotopic (exact) mass is 486 g/mol. The van der Waals surface area contributed by atoms with Gasteiger partial charge in [-0.25, -0.2) is 8.42 Å². The molecule has 1 heterocycles. The first-order valence-corrected chi connectivity index (χ1v) is 13.4. The van der Waals surface area contributed by atoms with Gasteiger partial charge in [-0.15, -0.1) is 0 Å². The molecule has 184 valence electrons. The smallest absolute Gasteiger partial charge is 0.309 e. The third-order valence-corrected chi connectivity index (χ3v) is 7.68. The number of hydrogen-bond acceptors (Lipinski definition) is 5. The predicted molar refractivity (Wildman–Crippen MR) is 132 cm³/mol. The van der Waals surface area contributed by atoms with Crippen LogP contribution < -0.4 is 4.72 Å². The Morgan fingerprint density at radius 3 is 2.35 bits per heavy atom. The predicted octanol–water partition coefficient (Wildman–Crippen LogP) is 4.55. The Hall–Kier alpha value is -2.87. The van der Waals surface area contributed by atoms with Gasteiger partial charge in [0.25, 0.3) is 15.9 Å². The van der Waals surface area contributed by atoms with E-state index in [4.69, 9.17) is 4.74 Å². The van der Waals surface area contributed by atoms with Crippen molar-refractivity contribution in [1.29, 1.82) is 0 Å². The molecule has 7 nitrogen and oxygen atoms in total. The molecule has 2 aromatic rings. The number of aryl methyl sites for hydroxylation is 2. The maximum absolute atomic E-state index is 13.1. The summed E-state index contributed by atoms with van der Waals surface area (Å²) in [6.07, 6.45) is 4.23.